The second kappa shape index (κ2) is 7.23. The van der Waals surface area contributed by atoms with Gasteiger partial charge in [0, 0.05) is 18.0 Å². The second-order valence-corrected chi connectivity index (χ2v) is 5.76. The fourth-order valence-electron chi connectivity index (χ4n) is 2.42. The summed E-state index contributed by atoms with van der Waals surface area (Å²) in [6, 6.07) is 13.1. The van der Waals surface area contributed by atoms with Gasteiger partial charge in [-0.05, 0) is 44.2 Å². The van der Waals surface area contributed by atoms with Gasteiger partial charge < -0.3 is 14.5 Å². The van der Waals surface area contributed by atoms with Crippen LogP contribution in [-0.4, -0.2) is 18.4 Å². The first kappa shape index (κ1) is 17.4. The number of hydrogen-bond donors (Lipinski definition) is 1. The highest BCUT2D eigenvalue weighted by molar-refractivity contribution is 5.97. The minimum atomic E-state index is -0.745. The van der Waals surface area contributed by atoms with Crippen LogP contribution in [0.3, 0.4) is 0 Å². The van der Waals surface area contributed by atoms with Crippen molar-refractivity contribution in [3.05, 3.63) is 75.6 Å². The van der Waals surface area contributed by atoms with Gasteiger partial charge in [0.2, 0.25) is 0 Å². The molecule has 0 fully saturated rings. The number of ether oxygens (including phenoxy) is 1. The molecule has 0 atom stereocenters. The lowest BCUT2D eigenvalue weighted by Crippen LogP contribution is -2.27. The molecular formula is C20H17NO5. The monoisotopic (exact) mass is 351 g/mol. The summed E-state index contributed by atoms with van der Waals surface area (Å²) in [5, 5.41) is 3.12. The largest absolute Gasteiger partial charge is 0.423 e. The lowest BCUT2D eigenvalue weighted by molar-refractivity contribution is 0.0734. The minimum Gasteiger partial charge on any atom is -0.423 e. The third-order valence-corrected chi connectivity index (χ3v) is 3.79. The average molecular weight is 351 g/mol. The Morgan fingerprint density at radius 2 is 1.81 bits per heavy atom. The van der Waals surface area contributed by atoms with E-state index in [1.807, 2.05) is 19.1 Å². The first-order valence-corrected chi connectivity index (χ1v) is 8.13. The normalized spacial score (nSPS) is 10.5. The number of carbonyl (C=O) groups is 2. The standard InChI is InChI=1S/C20H17NO5/c1-3-21-18(22)16-10-14-8-9-15(11-17(14)26-20(16)24)25-19(23)13-6-4-12(2)5-7-13/h4-11H,3H2,1-2H3,(H,21,22). The van der Waals surface area contributed by atoms with Crippen LogP contribution in [0.4, 0.5) is 0 Å². The van der Waals surface area contributed by atoms with Crippen molar-refractivity contribution in [2.24, 2.45) is 0 Å². The Balaban J connectivity index is 1.88. The molecule has 0 aliphatic heterocycles. The predicted molar refractivity (Wildman–Crippen MR) is 96.6 cm³/mol. The summed E-state index contributed by atoms with van der Waals surface area (Å²) >= 11 is 0. The Hall–Kier alpha value is -3.41. The zero-order chi connectivity index (χ0) is 18.7. The molecule has 0 bridgehead atoms. The molecule has 1 heterocycles. The molecule has 132 valence electrons. The molecule has 1 aromatic heterocycles. The van der Waals surface area contributed by atoms with Crippen LogP contribution in [0.25, 0.3) is 11.0 Å². The van der Waals surface area contributed by atoms with E-state index in [0.29, 0.717) is 17.5 Å². The summed E-state index contributed by atoms with van der Waals surface area (Å²) in [6.45, 7) is 4.09. The van der Waals surface area contributed by atoms with Crippen LogP contribution in [0, 0.1) is 6.92 Å². The van der Waals surface area contributed by atoms with Crippen LogP contribution in [0.5, 0.6) is 5.75 Å². The molecule has 0 unspecified atom stereocenters. The van der Waals surface area contributed by atoms with Gasteiger partial charge in [-0.2, -0.15) is 0 Å². The van der Waals surface area contributed by atoms with Gasteiger partial charge in [0.25, 0.3) is 5.91 Å². The van der Waals surface area contributed by atoms with E-state index in [-0.39, 0.29) is 16.9 Å². The third-order valence-electron chi connectivity index (χ3n) is 3.79. The van der Waals surface area contributed by atoms with Crippen molar-refractivity contribution in [1.29, 1.82) is 0 Å². The number of amides is 1. The highest BCUT2D eigenvalue weighted by Crippen LogP contribution is 2.21. The van der Waals surface area contributed by atoms with Crippen LogP contribution in [0.1, 0.15) is 33.2 Å². The Kier molecular flexibility index (Phi) is 4.84. The molecule has 1 N–H and O–H groups in total. The van der Waals surface area contributed by atoms with Gasteiger partial charge in [0.1, 0.15) is 16.9 Å². The van der Waals surface area contributed by atoms with Gasteiger partial charge in [-0.15, -0.1) is 0 Å². The average Bonchev–Trinajstić information content (AvgIpc) is 2.61. The predicted octanol–water partition coefficient (Wildman–Crippen LogP) is 3.07. The molecule has 1 amide bonds. The van der Waals surface area contributed by atoms with Crippen molar-refractivity contribution in [1.82, 2.24) is 5.32 Å². The molecule has 0 spiro atoms. The Morgan fingerprint density at radius 3 is 2.50 bits per heavy atom. The summed E-state index contributed by atoms with van der Waals surface area (Å²) in [6.07, 6.45) is 0. The van der Waals surface area contributed by atoms with Crippen molar-refractivity contribution in [3.8, 4) is 5.75 Å². The van der Waals surface area contributed by atoms with E-state index >= 15 is 0 Å². The molecule has 3 rings (SSSR count). The maximum absolute atomic E-state index is 12.2. The maximum atomic E-state index is 12.2. The molecule has 3 aromatic rings. The van der Waals surface area contributed by atoms with E-state index in [1.54, 1.807) is 31.2 Å². The molecule has 6 nitrogen and oxygen atoms in total. The van der Waals surface area contributed by atoms with E-state index < -0.39 is 17.5 Å². The zero-order valence-corrected chi connectivity index (χ0v) is 14.4. The lowest BCUT2D eigenvalue weighted by Gasteiger charge is -2.06. The molecule has 0 aliphatic carbocycles. The number of aryl methyl sites for hydroxylation is 1. The smallest absolute Gasteiger partial charge is 0.349 e. The number of esters is 1. The summed E-state index contributed by atoms with van der Waals surface area (Å²) in [4.78, 5) is 36.0. The van der Waals surface area contributed by atoms with Crippen LogP contribution in [0.2, 0.25) is 0 Å². The summed E-state index contributed by atoms with van der Waals surface area (Å²) in [7, 11) is 0. The van der Waals surface area contributed by atoms with Gasteiger partial charge in [-0.25, -0.2) is 9.59 Å². The topological polar surface area (TPSA) is 85.6 Å². The molecule has 0 saturated carbocycles. The van der Waals surface area contributed by atoms with Crippen molar-refractivity contribution in [3.63, 3.8) is 0 Å². The number of nitrogens with one attached hydrogen (secondary N) is 1. The number of fused-ring (bicyclic) bond motifs is 1. The van der Waals surface area contributed by atoms with E-state index in [4.69, 9.17) is 9.15 Å². The Bertz CT molecular complexity index is 1030. The first-order chi connectivity index (χ1) is 12.5. The van der Waals surface area contributed by atoms with Gasteiger partial charge in [0.15, 0.2) is 0 Å². The Labute approximate surface area is 149 Å². The highest BCUT2D eigenvalue weighted by atomic mass is 16.5. The Morgan fingerprint density at radius 1 is 1.08 bits per heavy atom. The van der Waals surface area contributed by atoms with Crippen molar-refractivity contribution in [2.75, 3.05) is 6.54 Å². The number of benzene rings is 2. The van der Waals surface area contributed by atoms with E-state index in [2.05, 4.69) is 5.32 Å². The number of hydrogen-bond acceptors (Lipinski definition) is 5. The molecule has 0 saturated heterocycles. The van der Waals surface area contributed by atoms with Crippen molar-refractivity contribution < 1.29 is 18.7 Å². The SMILES string of the molecule is CCNC(=O)c1cc2ccc(OC(=O)c3ccc(C)cc3)cc2oc1=O. The quantitative estimate of drug-likeness (QED) is 0.443. The maximum Gasteiger partial charge on any atom is 0.349 e. The van der Waals surface area contributed by atoms with Crippen LogP contribution >= 0.6 is 0 Å². The van der Waals surface area contributed by atoms with E-state index in [9.17, 15) is 14.4 Å². The molecule has 6 heteroatoms. The molecule has 0 aliphatic rings. The summed E-state index contributed by atoms with van der Waals surface area (Å²) in [5.41, 5.74) is 0.882. The van der Waals surface area contributed by atoms with Gasteiger partial charge in [-0.1, -0.05) is 17.7 Å². The number of rotatable bonds is 4. The second-order valence-electron chi connectivity index (χ2n) is 5.76. The highest BCUT2D eigenvalue weighted by Gasteiger charge is 2.14. The van der Waals surface area contributed by atoms with Crippen LogP contribution in [-0.2, 0) is 0 Å². The molecule has 0 radical (unpaired) electrons. The molecule has 2 aromatic carbocycles. The van der Waals surface area contributed by atoms with E-state index in [0.717, 1.165) is 5.56 Å². The summed E-state index contributed by atoms with van der Waals surface area (Å²) in [5.74, 6) is -0.749. The van der Waals surface area contributed by atoms with Gasteiger partial charge in [0.05, 0.1) is 5.56 Å². The van der Waals surface area contributed by atoms with Crippen LogP contribution < -0.4 is 15.7 Å². The lowest BCUT2D eigenvalue weighted by atomic mass is 10.1. The van der Waals surface area contributed by atoms with Crippen LogP contribution in [0.15, 0.2) is 57.7 Å². The molecule has 26 heavy (non-hydrogen) atoms. The van der Waals surface area contributed by atoms with Crippen molar-refractivity contribution >= 4 is 22.8 Å². The third kappa shape index (κ3) is 3.64. The summed E-state index contributed by atoms with van der Waals surface area (Å²) < 4.78 is 10.5. The molecular weight excluding hydrogens is 334 g/mol. The zero-order valence-electron chi connectivity index (χ0n) is 14.4. The fraction of sp³-hybridized carbons (Fsp3) is 0.150. The van der Waals surface area contributed by atoms with Gasteiger partial charge >= 0.3 is 11.6 Å². The number of carbonyl (C=O) groups excluding carboxylic acids is 2. The first-order valence-electron chi connectivity index (χ1n) is 8.13. The fourth-order valence-corrected chi connectivity index (χ4v) is 2.42. The minimum absolute atomic E-state index is 0.0660. The van der Waals surface area contributed by atoms with Gasteiger partial charge in [-0.3, -0.25) is 4.79 Å². The van der Waals surface area contributed by atoms with Crippen molar-refractivity contribution in [2.45, 2.75) is 13.8 Å². The van der Waals surface area contributed by atoms with E-state index in [1.165, 1.54) is 12.1 Å².